The molecule has 1 atom stereocenters. The van der Waals surface area contributed by atoms with Gasteiger partial charge in [0.2, 0.25) is 0 Å². The van der Waals surface area contributed by atoms with Crippen LogP contribution < -0.4 is 5.32 Å². The van der Waals surface area contributed by atoms with Crippen LogP contribution in [0.5, 0.6) is 0 Å². The van der Waals surface area contributed by atoms with Gasteiger partial charge in [0.05, 0.1) is 6.61 Å². The Kier molecular flexibility index (Phi) is 1.48. The monoisotopic (exact) mass is 115 g/mol. The van der Waals surface area contributed by atoms with Crippen molar-refractivity contribution in [3.8, 4) is 0 Å². The molecule has 1 N–H and O–H groups in total. The van der Waals surface area contributed by atoms with E-state index >= 15 is 0 Å². The van der Waals surface area contributed by atoms with E-state index in [1.165, 1.54) is 0 Å². The maximum Gasteiger partial charge on any atom is 0.324 e. The first-order chi connectivity index (χ1) is 3.84. The zero-order valence-electron chi connectivity index (χ0n) is 4.81. The van der Waals surface area contributed by atoms with E-state index in [4.69, 9.17) is 0 Å². The fourth-order valence-electron chi connectivity index (χ4n) is 0.468. The molecule has 0 aromatic rings. The molecule has 1 rings (SSSR count). The van der Waals surface area contributed by atoms with Crippen LogP contribution in [0.15, 0.2) is 0 Å². The van der Waals surface area contributed by atoms with Crippen LogP contribution in [0.3, 0.4) is 0 Å². The molecule has 1 heterocycles. The number of carbonyl (C=O) groups excluding carboxylic acids is 1. The third kappa shape index (κ3) is 1.20. The Balaban J connectivity index is 2.13. The zero-order chi connectivity index (χ0) is 5.98. The van der Waals surface area contributed by atoms with Crippen LogP contribution in [0.25, 0.3) is 0 Å². The van der Waals surface area contributed by atoms with E-state index in [9.17, 15) is 4.79 Å². The molecule has 1 fully saturated rings. The molecule has 0 aromatic carbocycles. The van der Waals surface area contributed by atoms with E-state index in [0.717, 1.165) is 6.54 Å². The van der Waals surface area contributed by atoms with Gasteiger partial charge in [0, 0.05) is 6.54 Å². The lowest BCUT2D eigenvalue weighted by Crippen LogP contribution is -2.13. The molecule has 0 amide bonds. The number of carbonyl (C=O) groups is 1. The summed E-state index contributed by atoms with van der Waals surface area (Å²) in [5.41, 5.74) is 0. The minimum absolute atomic E-state index is 0.00921. The van der Waals surface area contributed by atoms with Gasteiger partial charge in [-0.25, -0.2) is 0 Å². The second-order valence-corrected chi connectivity index (χ2v) is 1.71. The SMILES string of the molecule is CCOC(=O)C1CN1. The first-order valence-electron chi connectivity index (χ1n) is 2.74. The summed E-state index contributed by atoms with van der Waals surface area (Å²) >= 11 is 0. The molecule has 46 valence electrons. The lowest BCUT2D eigenvalue weighted by molar-refractivity contribution is -0.142. The van der Waals surface area contributed by atoms with Crippen molar-refractivity contribution >= 4 is 5.97 Å². The Labute approximate surface area is 48.0 Å². The fourth-order valence-corrected chi connectivity index (χ4v) is 0.468. The molecule has 1 saturated heterocycles. The molecule has 0 radical (unpaired) electrons. The number of rotatable bonds is 2. The summed E-state index contributed by atoms with van der Waals surface area (Å²) in [6.45, 7) is 3.08. The van der Waals surface area contributed by atoms with Crippen molar-refractivity contribution in [1.29, 1.82) is 0 Å². The molecule has 3 heteroatoms. The first kappa shape index (κ1) is 5.56. The fraction of sp³-hybridized carbons (Fsp3) is 0.800. The molecule has 1 unspecified atom stereocenters. The third-order valence-corrected chi connectivity index (χ3v) is 0.979. The quantitative estimate of drug-likeness (QED) is 0.390. The Bertz CT molecular complexity index is 98.6. The normalized spacial score (nSPS) is 24.9. The standard InChI is InChI=1S/C5H9NO2/c1-2-8-5(7)4-3-6-4/h4,6H,2-3H2,1H3. The molecule has 1 aliphatic heterocycles. The molecule has 0 aliphatic carbocycles. The van der Waals surface area contributed by atoms with Crippen molar-refractivity contribution in [3.63, 3.8) is 0 Å². The molecule has 3 nitrogen and oxygen atoms in total. The predicted molar refractivity (Wildman–Crippen MR) is 28.4 cm³/mol. The van der Waals surface area contributed by atoms with Crippen LogP contribution in [0, 0.1) is 0 Å². The van der Waals surface area contributed by atoms with Gasteiger partial charge >= 0.3 is 5.97 Å². The number of hydrogen-bond donors (Lipinski definition) is 1. The Morgan fingerprint density at radius 1 is 2.00 bits per heavy atom. The highest BCUT2D eigenvalue weighted by Crippen LogP contribution is 1.98. The van der Waals surface area contributed by atoms with Gasteiger partial charge in [-0.05, 0) is 6.92 Å². The number of esters is 1. The summed E-state index contributed by atoms with van der Waals surface area (Å²) in [6, 6.07) is 0.00921. The van der Waals surface area contributed by atoms with E-state index in [0.29, 0.717) is 6.61 Å². The van der Waals surface area contributed by atoms with Crippen LogP contribution in [-0.2, 0) is 9.53 Å². The molecule has 0 saturated carbocycles. The summed E-state index contributed by atoms with van der Waals surface area (Å²) in [6.07, 6.45) is 0. The largest absolute Gasteiger partial charge is 0.465 e. The molecule has 0 bridgehead atoms. The summed E-state index contributed by atoms with van der Waals surface area (Å²) in [4.78, 5) is 10.5. The van der Waals surface area contributed by atoms with Gasteiger partial charge in [-0.2, -0.15) is 0 Å². The second-order valence-electron chi connectivity index (χ2n) is 1.71. The van der Waals surface area contributed by atoms with E-state index in [2.05, 4.69) is 10.1 Å². The van der Waals surface area contributed by atoms with Crippen molar-refractivity contribution in [1.82, 2.24) is 5.32 Å². The first-order valence-corrected chi connectivity index (χ1v) is 2.74. The van der Waals surface area contributed by atoms with Gasteiger partial charge in [0.1, 0.15) is 6.04 Å². The number of hydrogen-bond acceptors (Lipinski definition) is 3. The molecule has 1 aliphatic rings. The third-order valence-electron chi connectivity index (χ3n) is 0.979. The molecule has 0 spiro atoms. The highest BCUT2D eigenvalue weighted by atomic mass is 16.5. The minimum Gasteiger partial charge on any atom is -0.465 e. The molecular weight excluding hydrogens is 106 g/mol. The van der Waals surface area contributed by atoms with Crippen LogP contribution in [0.1, 0.15) is 6.92 Å². The van der Waals surface area contributed by atoms with Gasteiger partial charge in [-0.15, -0.1) is 0 Å². The van der Waals surface area contributed by atoms with Gasteiger partial charge in [0.15, 0.2) is 0 Å². The summed E-state index contributed by atoms with van der Waals surface area (Å²) in [7, 11) is 0. The van der Waals surface area contributed by atoms with Crippen LogP contribution in [-0.4, -0.2) is 25.2 Å². The summed E-state index contributed by atoms with van der Waals surface area (Å²) < 4.78 is 4.66. The van der Waals surface area contributed by atoms with E-state index in [1.807, 2.05) is 0 Å². The summed E-state index contributed by atoms with van der Waals surface area (Å²) in [5.74, 6) is -0.118. The number of nitrogens with one attached hydrogen (secondary N) is 1. The molecular formula is C5H9NO2. The highest BCUT2D eigenvalue weighted by Gasteiger charge is 2.29. The molecule has 8 heavy (non-hydrogen) atoms. The van der Waals surface area contributed by atoms with Gasteiger partial charge in [-0.3, -0.25) is 4.79 Å². The van der Waals surface area contributed by atoms with E-state index < -0.39 is 0 Å². The highest BCUT2D eigenvalue weighted by molar-refractivity contribution is 5.78. The van der Waals surface area contributed by atoms with Crippen LogP contribution in [0.4, 0.5) is 0 Å². The van der Waals surface area contributed by atoms with Gasteiger partial charge in [-0.1, -0.05) is 0 Å². The zero-order valence-corrected chi connectivity index (χ0v) is 4.81. The average molecular weight is 115 g/mol. The maximum atomic E-state index is 10.5. The van der Waals surface area contributed by atoms with Crippen molar-refractivity contribution in [2.24, 2.45) is 0 Å². The van der Waals surface area contributed by atoms with E-state index in [1.54, 1.807) is 6.92 Å². The lowest BCUT2D eigenvalue weighted by Gasteiger charge is -1.94. The average Bonchev–Trinajstić information content (AvgIpc) is 2.45. The van der Waals surface area contributed by atoms with Crippen LogP contribution in [0.2, 0.25) is 0 Å². The van der Waals surface area contributed by atoms with Crippen LogP contribution >= 0.6 is 0 Å². The predicted octanol–water partition coefficient (Wildman–Crippen LogP) is -0.479. The lowest BCUT2D eigenvalue weighted by atomic mass is 10.5. The Morgan fingerprint density at radius 2 is 2.62 bits per heavy atom. The summed E-state index contributed by atoms with van der Waals surface area (Å²) in [5, 5.41) is 2.84. The van der Waals surface area contributed by atoms with Gasteiger partial charge in [0.25, 0.3) is 0 Å². The van der Waals surface area contributed by atoms with E-state index in [-0.39, 0.29) is 12.0 Å². The second kappa shape index (κ2) is 2.13. The number of ether oxygens (including phenoxy) is 1. The van der Waals surface area contributed by atoms with Crippen molar-refractivity contribution in [3.05, 3.63) is 0 Å². The smallest absolute Gasteiger partial charge is 0.324 e. The van der Waals surface area contributed by atoms with Crippen molar-refractivity contribution < 1.29 is 9.53 Å². The van der Waals surface area contributed by atoms with Crippen molar-refractivity contribution in [2.45, 2.75) is 13.0 Å². The molecule has 0 aromatic heterocycles. The minimum atomic E-state index is -0.118. The Hall–Kier alpha value is -0.570. The van der Waals surface area contributed by atoms with Gasteiger partial charge < -0.3 is 10.1 Å². The Morgan fingerprint density at radius 3 is 3.00 bits per heavy atom. The topological polar surface area (TPSA) is 48.2 Å². The van der Waals surface area contributed by atoms with Crippen molar-refractivity contribution in [2.75, 3.05) is 13.2 Å². The maximum absolute atomic E-state index is 10.5.